The zero-order chi connectivity index (χ0) is 19.6. The van der Waals surface area contributed by atoms with Crippen molar-refractivity contribution in [3.05, 3.63) is 47.9 Å². The highest BCUT2D eigenvalue weighted by molar-refractivity contribution is 6.05. The van der Waals surface area contributed by atoms with Crippen molar-refractivity contribution in [2.45, 2.75) is 37.4 Å². The molecule has 2 aromatic rings. The lowest BCUT2D eigenvalue weighted by molar-refractivity contribution is -0.0803. The summed E-state index contributed by atoms with van der Waals surface area (Å²) < 4.78 is 10.8. The average Bonchev–Trinajstić information content (AvgIpc) is 3.21. The summed E-state index contributed by atoms with van der Waals surface area (Å²) in [6.45, 7) is 2.53. The van der Waals surface area contributed by atoms with Crippen molar-refractivity contribution in [3.8, 4) is 0 Å². The number of carbonyl (C=O) groups excluding carboxylic acids is 1. The van der Waals surface area contributed by atoms with Crippen molar-refractivity contribution in [2.24, 2.45) is 0 Å². The number of anilines is 2. The number of aliphatic hydroxyl groups is 2. The maximum Gasteiger partial charge on any atom is 0.259 e. The maximum atomic E-state index is 12.8. The van der Waals surface area contributed by atoms with Gasteiger partial charge < -0.3 is 29.6 Å². The van der Waals surface area contributed by atoms with Gasteiger partial charge in [0.15, 0.2) is 0 Å². The van der Waals surface area contributed by atoms with Crippen LogP contribution in [0.2, 0.25) is 0 Å². The Morgan fingerprint density at radius 2 is 1.79 bits per heavy atom. The normalized spacial score (nSPS) is 20.1. The van der Waals surface area contributed by atoms with Crippen LogP contribution in [0.1, 0.15) is 41.8 Å². The number of nitrogens with zero attached hydrogens (tertiary/aromatic N) is 1. The summed E-state index contributed by atoms with van der Waals surface area (Å²) in [5, 5.41) is 23.4. The third kappa shape index (κ3) is 3.92. The van der Waals surface area contributed by atoms with Crippen molar-refractivity contribution < 1.29 is 24.2 Å². The number of rotatable bonds is 4. The van der Waals surface area contributed by atoms with Gasteiger partial charge in [-0.25, -0.2) is 0 Å². The van der Waals surface area contributed by atoms with Gasteiger partial charge in [-0.2, -0.15) is 0 Å². The maximum absolute atomic E-state index is 12.8. The Kier molecular flexibility index (Phi) is 5.39. The highest BCUT2D eigenvalue weighted by Crippen LogP contribution is 2.35. The van der Waals surface area contributed by atoms with Crippen LogP contribution in [0, 0.1) is 0 Å². The first-order valence-electron chi connectivity index (χ1n) is 9.78. The van der Waals surface area contributed by atoms with Gasteiger partial charge in [-0.1, -0.05) is 0 Å². The van der Waals surface area contributed by atoms with E-state index in [9.17, 15) is 15.0 Å². The van der Waals surface area contributed by atoms with E-state index in [2.05, 4.69) is 10.2 Å². The van der Waals surface area contributed by atoms with Crippen molar-refractivity contribution in [1.29, 1.82) is 0 Å². The molecular formula is C21H26N2O5. The molecule has 0 atom stereocenters. The second kappa shape index (κ2) is 7.95. The quantitative estimate of drug-likeness (QED) is 0.747. The number of carbonyl (C=O) groups is 1. The van der Waals surface area contributed by atoms with Crippen molar-refractivity contribution in [3.63, 3.8) is 0 Å². The van der Waals surface area contributed by atoms with Gasteiger partial charge in [-0.05, 0) is 43.2 Å². The molecule has 2 saturated heterocycles. The fourth-order valence-electron chi connectivity index (χ4n) is 3.86. The fourth-order valence-corrected chi connectivity index (χ4v) is 3.86. The van der Waals surface area contributed by atoms with Crippen LogP contribution in [-0.2, 0) is 10.3 Å². The third-order valence-corrected chi connectivity index (χ3v) is 5.61. The molecule has 0 spiro atoms. The fraction of sp³-hybridized carbons (Fsp3) is 0.476. The van der Waals surface area contributed by atoms with Crippen molar-refractivity contribution in [1.82, 2.24) is 0 Å². The monoisotopic (exact) mass is 386 g/mol. The minimum Gasteiger partial charge on any atom is -0.465 e. The van der Waals surface area contributed by atoms with E-state index in [0.717, 1.165) is 31.6 Å². The molecule has 150 valence electrons. The molecule has 1 aromatic carbocycles. The van der Waals surface area contributed by atoms with E-state index < -0.39 is 5.60 Å². The van der Waals surface area contributed by atoms with Crippen molar-refractivity contribution >= 4 is 17.3 Å². The zero-order valence-electron chi connectivity index (χ0n) is 15.8. The van der Waals surface area contributed by atoms with Crippen LogP contribution in [0.15, 0.2) is 41.0 Å². The van der Waals surface area contributed by atoms with Gasteiger partial charge in [-0.3, -0.25) is 4.79 Å². The predicted molar refractivity (Wildman–Crippen MR) is 105 cm³/mol. The van der Waals surface area contributed by atoms with E-state index in [4.69, 9.17) is 9.15 Å². The van der Waals surface area contributed by atoms with Gasteiger partial charge >= 0.3 is 0 Å². The molecule has 3 heterocycles. The summed E-state index contributed by atoms with van der Waals surface area (Å²) in [5.41, 5.74) is 0.928. The number of ether oxygens (including phenoxy) is 1. The highest BCUT2D eigenvalue weighted by Gasteiger charge is 2.38. The number of nitrogens with one attached hydrogen (secondary N) is 1. The van der Waals surface area contributed by atoms with Crippen LogP contribution in [0.4, 0.5) is 11.4 Å². The van der Waals surface area contributed by atoms with Crippen LogP contribution in [0.3, 0.4) is 0 Å². The Bertz CT molecular complexity index is 802. The molecule has 2 aliphatic rings. The van der Waals surface area contributed by atoms with Gasteiger partial charge in [0.05, 0.1) is 17.9 Å². The molecular weight excluding hydrogens is 360 g/mol. The van der Waals surface area contributed by atoms with E-state index in [1.165, 1.54) is 6.26 Å². The highest BCUT2D eigenvalue weighted by atomic mass is 16.5. The van der Waals surface area contributed by atoms with E-state index in [-0.39, 0.29) is 12.0 Å². The number of hydrogen-bond donors (Lipinski definition) is 3. The van der Waals surface area contributed by atoms with Crippen LogP contribution >= 0.6 is 0 Å². The summed E-state index contributed by atoms with van der Waals surface area (Å²) in [6.07, 6.45) is 3.58. The lowest BCUT2D eigenvalue weighted by Gasteiger charge is -2.31. The van der Waals surface area contributed by atoms with Crippen LogP contribution in [-0.4, -0.2) is 48.5 Å². The molecule has 7 nitrogen and oxygen atoms in total. The Labute approximate surface area is 163 Å². The smallest absolute Gasteiger partial charge is 0.259 e. The summed E-state index contributed by atoms with van der Waals surface area (Å²) in [5.74, 6) is -0.00527. The average molecular weight is 386 g/mol. The zero-order valence-corrected chi connectivity index (χ0v) is 15.8. The number of benzene rings is 1. The third-order valence-electron chi connectivity index (χ3n) is 5.61. The van der Waals surface area contributed by atoms with Gasteiger partial charge in [0.2, 0.25) is 0 Å². The molecule has 2 aliphatic heterocycles. The lowest BCUT2D eigenvalue weighted by atomic mass is 9.89. The van der Waals surface area contributed by atoms with Gasteiger partial charge in [0.25, 0.3) is 5.91 Å². The molecule has 2 fully saturated rings. The number of piperidine rings is 1. The second-order valence-corrected chi connectivity index (χ2v) is 7.53. The second-order valence-electron chi connectivity index (χ2n) is 7.53. The Balaban J connectivity index is 1.44. The molecule has 0 bridgehead atoms. The molecule has 0 saturated carbocycles. The first-order chi connectivity index (χ1) is 13.5. The molecule has 7 heteroatoms. The van der Waals surface area contributed by atoms with E-state index in [1.807, 2.05) is 24.3 Å². The number of amides is 1. The molecule has 0 aliphatic carbocycles. The van der Waals surface area contributed by atoms with Gasteiger partial charge in [-0.15, -0.1) is 0 Å². The van der Waals surface area contributed by atoms with E-state index in [0.29, 0.717) is 43.1 Å². The first-order valence-corrected chi connectivity index (χ1v) is 9.78. The molecule has 1 amide bonds. The minimum absolute atomic E-state index is 0.204. The number of aliphatic hydroxyl groups excluding tert-OH is 1. The minimum atomic E-state index is -1.17. The summed E-state index contributed by atoms with van der Waals surface area (Å²) in [6, 6.07) is 9.25. The largest absolute Gasteiger partial charge is 0.465 e. The first kappa shape index (κ1) is 19.0. The van der Waals surface area contributed by atoms with E-state index >= 15 is 0 Å². The lowest BCUT2D eigenvalue weighted by Crippen LogP contribution is -2.35. The molecule has 0 unspecified atom stereocenters. The Hall–Kier alpha value is -2.35. The van der Waals surface area contributed by atoms with Crippen LogP contribution < -0.4 is 10.2 Å². The standard InChI is InChI=1S/C21H26N2O5/c24-17-5-10-23(11-6-17)16-3-1-15(2-4-16)22-20(25)18-7-12-28-19(18)21(26)8-13-27-14-9-21/h1-4,7,12,17,24,26H,5-6,8-11,13-14H2,(H,22,25). The molecule has 3 N–H and O–H groups in total. The summed E-state index contributed by atoms with van der Waals surface area (Å²) in [7, 11) is 0. The Morgan fingerprint density at radius 3 is 2.46 bits per heavy atom. The SMILES string of the molecule is O=C(Nc1ccc(N2CCC(O)CC2)cc1)c1ccoc1C1(O)CCOCC1. The molecule has 4 rings (SSSR count). The van der Waals surface area contributed by atoms with Crippen LogP contribution in [0.5, 0.6) is 0 Å². The summed E-state index contributed by atoms with van der Waals surface area (Å²) in [4.78, 5) is 15.0. The molecule has 28 heavy (non-hydrogen) atoms. The summed E-state index contributed by atoms with van der Waals surface area (Å²) >= 11 is 0. The van der Waals surface area contributed by atoms with Crippen LogP contribution in [0.25, 0.3) is 0 Å². The van der Waals surface area contributed by atoms with Crippen molar-refractivity contribution in [2.75, 3.05) is 36.5 Å². The molecule has 0 radical (unpaired) electrons. The van der Waals surface area contributed by atoms with Gasteiger partial charge in [0.1, 0.15) is 11.4 Å². The van der Waals surface area contributed by atoms with E-state index in [1.54, 1.807) is 6.07 Å². The Morgan fingerprint density at radius 1 is 1.11 bits per heavy atom. The number of hydrogen-bond acceptors (Lipinski definition) is 6. The predicted octanol–water partition coefficient (Wildman–Crippen LogP) is 2.49. The molecule has 1 aromatic heterocycles. The van der Waals surface area contributed by atoms with Gasteiger partial charge in [0, 0.05) is 50.5 Å². The number of furan rings is 1. The topological polar surface area (TPSA) is 95.2 Å².